The zero-order valence-corrected chi connectivity index (χ0v) is 14.8. The van der Waals surface area contributed by atoms with Crippen molar-refractivity contribution in [2.45, 2.75) is 52.1 Å². The fourth-order valence-corrected chi connectivity index (χ4v) is 3.25. The van der Waals surface area contributed by atoms with Gasteiger partial charge in [-0.15, -0.1) is 0 Å². The van der Waals surface area contributed by atoms with Crippen molar-refractivity contribution >= 4 is 5.91 Å². The van der Waals surface area contributed by atoms with Crippen molar-refractivity contribution in [3.63, 3.8) is 0 Å². The molecule has 24 heavy (non-hydrogen) atoms. The maximum Gasteiger partial charge on any atom is 0.220 e. The van der Waals surface area contributed by atoms with Crippen LogP contribution in [-0.2, 0) is 17.8 Å². The average Bonchev–Trinajstić information content (AvgIpc) is 3.37. The van der Waals surface area contributed by atoms with E-state index in [-0.39, 0.29) is 5.91 Å². The standard InChI is InChI=1S/C20H26N2O2/c1-14-12-17(15(2)22(14)18-7-8-18)13-21-20(23)11-6-16-4-9-19(24-3)10-5-16/h4-5,9-10,12,18H,6-8,11,13H2,1-3H3,(H,21,23). The number of amides is 1. The Morgan fingerprint density at radius 2 is 1.96 bits per heavy atom. The molecular weight excluding hydrogens is 300 g/mol. The van der Waals surface area contributed by atoms with E-state index in [1.54, 1.807) is 7.11 Å². The number of benzene rings is 1. The molecule has 1 aliphatic rings. The second-order valence-corrected chi connectivity index (χ2v) is 6.62. The van der Waals surface area contributed by atoms with Gasteiger partial charge in [0.15, 0.2) is 0 Å². The molecule has 1 aromatic heterocycles. The molecule has 1 heterocycles. The van der Waals surface area contributed by atoms with Crippen molar-refractivity contribution in [3.8, 4) is 5.75 Å². The summed E-state index contributed by atoms with van der Waals surface area (Å²) in [5, 5.41) is 3.06. The predicted octanol–water partition coefficient (Wildman–Crippen LogP) is 3.70. The molecule has 0 unspecified atom stereocenters. The van der Waals surface area contributed by atoms with Crippen LogP contribution in [0.3, 0.4) is 0 Å². The summed E-state index contributed by atoms with van der Waals surface area (Å²) in [5.74, 6) is 0.941. The molecule has 0 atom stereocenters. The summed E-state index contributed by atoms with van der Waals surface area (Å²) in [5.41, 5.74) is 4.98. The first-order valence-electron chi connectivity index (χ1n) is 8.65. The number of nitrogens with one attached hydrogen (secondary N) is 1. The number of methoxy groups -OCH3 is 1. The first kappa shape index (κ1) is 16.6. The highest BCUT2D eigenvalue weighted by Crippen LogP contribution is 2.38. The smallest absolute Gasteiger partial charge is 0.220 e. The Bertz CT molecular complexity index is 712. The van der Waals surface area contributed by atoms with Gasteiger partial charge < -0.3 is 14.6 Å². The molecule has 128 valence electrons. The summed E-state index contributed by atoms with van der Waals surface area (Å²) in [6.45, 7) is 4.93. The van der Waals surface area contributed by atoms with Gasteiger partial charge in [-0.3, -0.25) is 4.79 Å². The Morgan fingerprint density at radius 3 is 2.58 bits per heavy atom. The molecule has 0 saturated heterocycles. The summed E-state index contributed by atoms with van der Waals surface area (Å²) < 4.78 is 7.56. The SMILES string of the molecule is COc1ccc(CCC(=O)NCc2cc(C)n(C3CC3)c2C)cc1. The third kappa shape index (κ3) is 3.81. The number of carbonyl (C=O) groups is 1. The van der Waals surface area contributed by atoms with E-state index >= 15 is 0 Å². The summed E-state index contributed by atoms with van der Waals surface area (Å²) in [6.07, 6.45) is 3.82. The summed E-state index contributed by atoms with van der Waals surface area (Å²) >= 11 is 0. The molecule has 0 bridgehead atoms. The van der Waals surface area contributed by atoms with E-state index in [1.165, 1.54) is 29.8 Å². The first-order chi connectivity index (χ1) is 11.6. The van der Waals surface area contributed by atoms with Gasteiger partial charge in [0.2, 0.25) is 5.91 Å². The van der Waals surface area contributed by atoms with Crippen LogP contribution in [0, 0.1) is 13.8 Å². The Kier molecular flexibility index (Phi) is 4.93. The average molecular weight is 326 g/mol. The zero-order chi connectivity index (χ0) is 17.1. The van der Waals surface area contributed by atoms with Gasteiger partial charge in [0.1, 0.15) is 5.75 Å². The molecule has 1 fully saturated rings. The van der Waals surface area contributed by atoms with Gasteiger partial charge >= 0.3 is 0 Å². The first-order valence-corrected chi connectivity index (χ1v) is 8.65. The molecule has 2 aromatic rings. The van der Waals surface area contributed by atoms with Crippen LogP contribution in [-0.4, -0.2) is 17.6 Å². The van der Waals surface area contributed by atoms with Crippen LogP contribution in [0.15, 0.2) is 30.3 Å². The highest BCUT2D eigenvalue weighted by atomic mass is 16.5. The number of hydrogen-bond acceptors (Lipinski definition) is 2. The van der Waals surface area contributed by atoms with Crippen molar-refractivity contribution in [1.29, 1.82) is 0 Å². The number of carbonyl (C=O) groups excluding carboxylic acids is 1. The van der Waals surface area contributed by atoms with Crippen molar-refractivity contribution in [3.05, 3.63) is 52.8 Å². The predicted molar refractivity (Wildman–Crippen MR) is 95.3 cm³/mol. The van der Waals surface area contributed by atoms with Crippen LogP contribution >= 0.6 is 0 Å². The number of rotatable bonds is 7. The fourth-order valence-electron chi connectivity index (χ4n) is 3.25. The van der Waals surface area contributed by atoms with Gasteiger partial charge in [-0.2, -0.15) is 0 Å². The number of hydrogen-bond donors (Lipinski definition) is 1. The molecule has 0 aliphatic heterocycles. The minimum Gasteiger partial charge on any atom is -0.497 e. The molecule has 1 N–H and O–H groups in total. The lowest BCUT2D eigenvalue weighted by Gasteiger charge is -2.09. The van der Waals surface area contributed by atoms with E-state index in [0.717, 1.165) is 17.7 Å². The topological polar surface area (TPSA) is 43.3 Å². The lowest BCUT2D eigenvalue weighted by atomic mass is 10.1. The summed E-state index contributed by atoms with van der Waals surface area (Å²) in [6, 6.07) is 10.8. The van der Waals surface area contributed by atoms with Crippen molar-refractivity contribution in [1.82, 2.24) is 9.88 Å². The molecule has 1 amide bonds. The molecular formula is C20H26N2O2. The van der Waals surface area contributed by atoms with Gasteiger partial charge in [-0.05, 0) is 62.4 Å². The van der Waals surface area contributed by atoms with E-state index in [2.05, 4.69) is 29.8 Å². The number of aryl methyl sites for hydroxylation is 2. The second kappa shape index (κ2) is 7.12. The molecule has 4 heteroatoms. The minimum absolute atomic E-state index is 0.0991. The maximum atomic E-state index is 12.1. The monoisotopic (exact) mass is 326 g/mol. The molecule has 0 radical (unpaired) electrons. The van der Waals surface area contributed by atoms with Gasteiger partial charge in [-0.1, -0.05) is 12.1 Å². The molecule has 1 saturated carbocycles. The Labute approximate surface area is 143 Å². The Morgan fingerprint density at radius 1 is 1.25 bits per heavy atom. The van der Waals surface area contributed by atoms with Gasteiger partial charge in [0.25, 0.3) is 0 Å². The van der Waals surface area contributed by atoms with Gasteiger partial charge in [0, 0.05) is 30.4 Å². The quantitative estimate of drug-likeness (QED) is 0.843. The Balaban J connectivity index is 1.49. The summed E-state index contributed by atoms with van der Waals surface area (Å²) in [4.78, 5) is 12.1. The van der Waals surface area contributed by atoms with Crippen LogP contribution in [0.4, 0.5) is 0 Å². The van der Waals surface area contributed by atoms with E-state index in [4.69, 9.17) is 4.74 Å². The lowest BCUT2D eigenvalue weighted by Crippen LogP contribution is -2.23. The largest absolute Gasteiger partial charge is 0.497 e. The van der Waals surface area contributed by atoms with E-state index in [0.29, 0.717) is 19.0 Å². The number of ether oxygens (including phenoxy) is 1. The molecule has 3 rings (SSSR count). The lowest BCUT2D eigenvalue weighted by molar-refractivity contribution is -0.121. The second-order valence-electron chi connectivity index (χ2n) is 6.62. The van der Waals surface area contributed by atoms with Crippen LogP contribution in [0.2, 0.25) is 0 Å². The number of aromatic nitrogens is 1. The Hall–Kier alpha value is -2.23. The maximum absolute atomic E-state index is 12.1. The van der Waals surface area contributed by atoms with E-state index in [1.807, 2.05) is 24.3 Å². The van der Waals surface area contributed by atoms with Crippen molar-refractivity contribution in [2.75, 3.05) is 7.11 Å². The van der Waals surface area contributed by atoms with Crippen LogP contribution in [0.25, 0.3) is 0 Å². The zero-order valence-electron chi connectivity index (χ0n) is 14.8. The molecule has 4 nitrogen and oxygen atoms in total. The highest BCUT2D eigenvalue weighted by molar-refractivity contribution is 5.76. The normalized spacial score (nSPS) is 13.8. The highest BCUT2D eigenvalue weighted by Gasteiger charge is 2.26. The van der Waals surface area contributed by atoms with Crippen LogP contribution < -0.4 is 10.1 Å². The van der Waals surface area contributed by atoms with Gasteiger partial charge in [-0.25, -0.2) is 0 Å². The summed E-state index contributed by atoms with van der Waals surface area (Å²) in [7, 11) is 1.66. The number of nitrogens with zero attached hydrogens (tertiary/aromatic N) is 1. The van der Waals surface area contributed by atoms with Crippen LogP contribution in [0.1, 0.15) is 47.8 Å². The third-order valence-electron chi connectivity index (χ3n) is 4.78. The minimum atomic E-state index is 0.0991. The van der Waals surface area contributed by atoms with Crippen molar-refractivity contribution in [2.24, 2.45) is 0 Å². The van der Waals surface area contributed by atoms with E-state index in [9.17, 15) is 4.79 Å². The van der Waals surface area contributed by atoms with Crippen LogP contribution in [0.5, 0.6) is 5.75 Å². The van der Waals surface area contributed by atoms with Crippen molar-refractivity contribution < 1.29 is 9.53 Å². The fraction of sp³-hybridized carbons (Fsp3) is 0.450. The van der Waals surface area contributed by atoms with Gasteiger partial charge in [0.05, 0.1) is 7.11 Å². The molecule has 0 spiro atoms. The molecule has 1 aliphatic carbocycles. The molecule has 1 aromatic carbocycles. The third-order valence-corrected chi connectivity index (χ3v) is 4.78. The van der Waals surface area contributed by atoms with E-state index < -0.39 is 0 Å².